The van der Waals surface area contributed by atoms with Gasteiger partial charge in [-0.15, -0.1) is 6.67 Å². The molecule has 0 bridgehead atoms. The van der Waals surface area contributed by atoms with Crippen LogP contribution in [0.2, 0.25) is 0 Å². The van der Waals surface area contributed by atoms with Crippen LogP contribution in [-0.2, 0) is 21.1 Å². The minimum atomic E-state index is 0. The molecule has 0 fully saturated rings. The Labute approximate surface area is 70.0 Å². The van der Waals surface area contributed by atoms with Gasteiger partial charge in [-0.2, -0.15) is 5.10 Å². The van der Waals surface area contributed by atoms with Crippen LogP contribution in [0.5, 0.6) is 0 Å². The fourth-order valence-corrected chi connectivity index (χ4v) is 0.659. The Morgan fingerprint density at radius 1 is 1.44 bits per heavy atom. The fraction of sp³-hybridized carbons (Fsp3) is 0.600. The Bertz CT molecular complexity index is 123. The van der Waals surface area contributed by atoms with Gasteiger partial charge in [0.1, 0.15) is 0 Å². The molecule has 0 N–H and O–H groups in total. The predicted molar refractivity (Wildman–Crippen MR) is 32.9 cm³/mol. The van der Waals surface area contributed by atoms with Crippen molar-refractivity contribution >= 4 is 5.84 Å². The standard InChI is InChI=1S/C5H10N3.W/c1-5-6-8(3)4-7(5)2;/h4H,1-3H3;/q-1;+2. The molecule has 0 spiro atoms. The maximum Gasteiger partial charge on any atom is 2.00 e. The maximum absolute atomic E-state index is 4.09. The zero-order valence-corrected chi connectivity index (χ0v) is 8.76. The first-order chi connectivity index (χ1) is 3.70. The molecule has 0 aromatic rings. The van der Waals surface area contributed by atoms with Crippen molar-refractivity contribution < 1.29 is 21.1 Å². The van der Waals surface area contributed by atoms with Crippen LogP contribution >= 0.6 is 0 Å². The second kappa shape index (κ2) is 3.21. The van der Waals surface area contributed by atoms with Crippen LogP contribution in [0.15, 0.2) is 5.10 Å². The summed E-state index contributed by atoms with van der Waals surface area (Å²) >= 11 is 0. The van der Waals surface area contributed by atoms with E-state index in [-0.39, 0.29) is 21.1 Å². The Balaban J connectivity index is 0.000000640. The van der Waals surface area contributed by atoms with Crippen LogP contribution in [0.25, 0.3) is 0 Å². The molecule has 0 atom stereocenters. The molecule has 0 aromatic carbocycles. The summed E-state index contributed by atoms with van der Waals surface area (Å²) in [5.41, 5.74) is 0. The Morgan fingerprint density at radius 3 is 2.11 bits per heavy atom. The van der Waals surface area contributed by atoms with Crippen LogP contribution in [0, 0.1) is 6.67 Å². The minimum Gasteiger partial charge on any atom is -0.491 e. The molecule has 0 aliphatic carbocycles. The van der Waals surface area contributed by atoms with Crippen molar-refractivity contribution in [3.63, 3.8) is 0 Å². The van der Waals surface area contributed by atoms with Crippen LogP contribution < -0.4 is 0 Å². The number of hydrogen-bond donors (Lipinski definition) is 0. The molecular weight excluding hydrogens is 286 g/mol. The molecule has 1 aliphatic rings. The third-order valence-electron chi connectivity index (χ3n) is 1.15. The van der Waals surface area contributed by atoms with Crippen molar-refractivity contribution in [1.29, 1.82) is 0 Å². The Hall–Kier alpha value is -0.0417. The zero-order chi connectivity index (χ0) is 6.15. The molecule has 1 aliphatic heterocycles. The van der Waals surface area contributed by atoms with Crippen LogP contribution in [0.3, 0.4) is 0 Å². The first-order valence-electron chi connectivity index (χ1n) is 2.56. The molecule has 0 unspecified atom stereocenters. The molecule has 4 heteroatoms. The molecule has 0 aromatic heterocycles. The third kappa shape index (κ3) is 1.98. The third-order valence-corrected chi connectivity index (χ3v) is 1.15. The van der Waals surface area contributed by atoms with E-state index in [1.54, 1.807) is 5.01 Å². The van der Waals surface area contributed by atoms with Gasteiger partial charge >= 0.3 is 21.1 Å². The van der Waals surface area contributed by atoms with E-state index in [2.05, 4.69) is 5.10 Å². The van der Waals surface area contributed by atoms with Gasteiger partial charge in [0.25, 0.3) is 0 Å². The van der Waals surface area contributed by atoms with Crippen molar-refractivity contribution in [2.45, 2.75) is 6.92 Å². The summed E-state index contributed by atoms with van der Waals surface area (Å²) in [7, 11) is 3.88. The second-order valence-electron chi connectivity index (χ2n) is 1.95. The quantitative estimate of drug-likeness (QED) is 0.599. The maximum atomic E-state index is 4.09. The molecule has 1 rings (SSSR count). The number of hydrogen-bond acceptors (Lipinski definition) is 3. The summed E-state index contributed by atoms with van der Waals surface area (Å²) in [6, 6.07) is 0. The first-order valence-corrected chi connectivity index (χ1v) is 2.56. The van der Waals surface area contributed by atoms with Crippen molar-refractivity contribution in [3.8, 4) is 0 Å². The van der Waals surface area contributed by atoms with Gasteiger partial charge in [0.2, 0.25) is 0 Å². The van der Waals surface area contributed by atoms with E-state index in [0.29, 0.717) is 0 Å². The van der Waals surface area contributed by atoms with Crippen molar-refractivity contribution in [2.24, 2.45) is 5.10 Å². The van der Waals surface area contributed by atoms with Gasteiger partial charge in [-0.25, -0.2) is 0 Å². The molecule has 0 saturated carbocycles. The monoisotopic (exact) mass is 296 g/mol. The van der Waals surface area contributed by atoms with E-state index in [1.165, 1.54) is 0 Å². The first kappa shape index (κ1) is 8.96. The van der Waals surface area contributed by atoms with Gasteiger partial charge in [-0.05, 0) is 21.0 Å². The summed E-state index contributed by atoms with van der Waals surface area (Å²) in [6.45, 7) is 3.90. The smallest absolute Gasteiger partial charge is 0.491 e. The summed E-state index contributed by atoms with van der Waals surface area (Å²) < 4.78 is 0. The minimum absolute atomic E-state index is 0. The Morgan fingerprint density at radius 2 is 2.00 bits per heavy atom. The van der Waals surface area contributed by atoms with Gasteiger partial charge in [0.05, 0.1) is 5.84 Å². The van der Waals surface area contributed by atoms with E-state index in [0.717, 1.165) is 5.84 Å². The van der Waals surface area contributed by atoms with Crippen molar-refractivity contribution in [3.05, 3.63) is 6.67 Å². The van der Waals surface area contributed by atoms with E-state index >= 15 is 0 Å². The molecule has 1 heterocycles. The van der Waals surface area contributed by atoms with Gasteiger partial charge in [0.15, 0.2) is 0 Å². The second-order valence-corrected chi connectivity index (χ2v) is 1.95. The number of amidine groups is 1. The largest absolute Gasteiger partial charge is 2.00 e. The number of nitrogens with zero attached hydrogens (tertiary/aromatic N) is 3. The van der Waals surface area contributed by atoms with E-state index in [9.17, 15) is 0 Å². The average molecular weight is 296 g/mol. The number of rotatable bonds is 0. The van der Waals surface area contributed by atoms with Gasteiger partial charge < -0.3 is 9.91 Å². The molecular formula is C5H10N3W+. The van der Waals surface area contributed by atoms with E-state index in [4.69, 9.17) is 0 Å². The summed E-state index contributed by atoms with van der Waals surface area (Å²) in [5.74, 6) is 1.03. The van der Waals surface area contributed by atoms with Crippen LogP contribution in [-0.4, -0.2) is 29.8 Å². The molecule has 0 amide bonds. The molecule has 50 valence electrons. The van der Waals surface area contributed by atoms with Crippen LogP contribution in [0.1, 0.15) is 6.92 Å². The van der Waals surface area contributed by atoms with E-state index in [1.807, 2.05) is 32.6 Å². The fourth-order valence-electron chi connectivity index (χ4n) is 0.659. The topological polar surface area (TPSA) is 18.8 Å². The van der Waals surface area contributed by atoms with Gasteiger partial charge in [-0.1, -0.05) is 0 Å². The van der Waals surface area contributed by atoms with Gasteiger partial charge in [0, 0.05) is 0 Å². The summed E-state index contributed by atoms with van der Waals surface area (Å²) in [5, 5.41) is 5.88. The predicted octanol–water partition coefficient (Wildman–Crippen LogP) is 0.314. The van der Waals surface area contributed by atoms with Crippen molar-refractivity contribution in [2.75, 3.05) is 14.1 Å². The normalized spacial score (nSPS) is 17.4. The molecule has 3 nitrogen and oxygen atoms in total. The van der Waals surface area contributed by atoms with Crippen molar-refractivity contribution in [1.82, 2.24) is 9.91 Å². The number of hydrazone groups is 1. The van der Waals surface area contributed by atoms with E-state index < -0.39 is 0 Å². The van der Waals surface area contributed by atoms with Crippen LogP contribution in [0.4, 0.5) is 0 Å². The van der Waals surface area contributed by atoms with Gasteiger partial charge in [-0.3, -0.25) is 0 Å². The SMILES string of the molecule is CC1=NN(C)[CH-]N1C.[W+2]. The zero-order valence-electron chi connectivity index (χ0n) is 5.83. The summed E-state index contributed by atoms with van der Waals surface area (Å²) in [6.07, 6.45) is 0. The Kier molecular flexibility index (Phi) is 3.19. The molecule has 0 saturated heterocycles. The average Bonchev–Trinajstić information content (AvgIpc) is 1.85. The summed E-state index contributed by atoms with van der Waals surface area (Å²) in [4.78, 5) is 1.97. The molecule has 9 heavy (non-hydrogen) atoms. The molecule has 0 radical (unpaired) electrons.